The number of anilines is 1. The number of fused-ring (bicyclic) bond motifs is 1. The van der Waals surface area contributed by atoms with Crippen LogP contribution in [0.5, 0.6) is 11.5 Å². The van der Waals surface area contributed by atoms with Gasteiger partial charge >= 0.3 is 0 Å². The zero-order chi connectivity index (χ0) is 13.2. The maximum absolute atomic E-state index is 12.0. The average molecular weight is 277 g/mol. The van der Waals surface area contributed by atoms with Crippen LogP contribution in [0, 0.1) is 6.92 Å². The molecule has 1 aliphatic heterocycles. The first-order chi connectivity index (χ1) is 9.22. The Morgan fingerprint density at radius 2 is 2.21 bits per heavy atom. The van der Waals surface area contributed by atoms with E-state index >= 15 is 0 Å². The Balaban J connectivity index is 1.69. The average Bonchev–Trinajstić information content (AvgIpc) is 2.83. The lowest BCUT2D eigenvalue weighted by molar-refractivity contribution is -0.125. The molecule has 0 unspecified atom stereocenters. The topological polar surface area (TPSA) is 73.3 Å². The van der Waals surface area contributed by atoms with Gasteiger partial charge in [0.05, 0.1) is 0 Å². The summed E-state index contributed by atoms with van der Waals surface area (Å²) in [5.41, 5.74) is 0. The van der Waals surface area contributed by atoms with Crippen LogP contribution >= 0.6 is 11.5 Å². The molecule has 0 aliphatic carbocycles. The molecule has 0 saturated heterocycles. The summed E-state index contributed by atoms with van der Waals surface area (Å²) < 4.78 is 15.1. The number of aryl methyl sites for hydroxylation is 1. The van der Waals surface area contributed by atoms with Crippen molar-refractivity contribution in [1.82, 2.24) is 9.36 Å². The van der Waals surface area contributed by atoms with Gasteiger partial charge in [0.2, 0.25) is 11.2 Å². The summed E-state index contributed by atoms with van der Waals surface area (Å²) in [4.78, 5) is 16.1. The van der Waals surface area contributed by atoms with E-state index in [-0.39, 0.29) is 12.5 Å². The zero-order valence-electron chi connectivity index (χ0n) is 10.1. The summed E-state index contributed by atoms with van der Waals surface area (Å²) in [5, 5.41) is 3.13. The zero-order valence-corrected chi connectivity index (χ0v) is 10.9. The van der Waals surface area contributed by atoms with E-state index in [1.54, 1.807) is 19.1 Å². The van der Waals surface area contributed by atoms with Crippen LogP contribution in [0.2, 0.25) is 0 Å². The summed E-state index contributed by atoms with van der Waals surface area (Å²) in [5.74, 6) is 1.57. The molecule has 2 aromatic rings. The molecule has 3 rings (SSSR count). The minimum atomic E-state index is -0.681. The number of carbonyl (C=O) groups excluding carboxylic acids is 1. The number of hydrogen-bond acceptors (Lipinski definition) is 6. The number of para-hydroxylation sites is 2. The number of nitrogens with one attached hydrogen (secondary N) is 1. The van der Waals surface area contributed by atoms with Gasteiger partial charge in [0.25, 0.3) is 5.91 Å². The maximum atomic E-state index is 12.0. The van der Waals surface area contributed by atoms with E-state index in [0.29, 0.717) is 22.5 Å². The Labute approximate surface area is 113 Å². The summed E-state index contributed by atoms with van der Waals surface area (Å²) >= 11 is 1.14. The molecule has 0 saturated carbocycles. The largest absolute Gasteiger partial charge is 0.485 e. The maximum Gasteiger partial charge on any atom is 0.270 e. The summed E-state index contributed by atoms with van der Waals surface area (Å²) in [6.45, 7) is 1.95. The second kappa shape index (κ2) is 4.85. The fraction of sp³-hybridized carbons (Fsp3) is 0.250. The van der Waals surface area contributed by atoms with Gasteiger partial charge in [-0.2, -0.15) is 4.37 Å². The molecule has 1 aliphatic rings. The normalized spacial score (nSPS) is 17.0. The quantitative estimate of drug-likeness (QED) is 0.903. The molecule has 0 radical (unpaired) electrons. The molecule has 7 heteroatoms. The molecule has 98 valence electrons. The number of rotatable bonds is 2. The van der Waals surface area contributed by atoms with E-state index < -0.39 is 6.10 Å². The van der Waals surface area contributed by atoms with Crippen molar-refractivity contribution in [2.24, 2.45) is 0 Å². The fourth-order valence-electron chi connectivity index (χ4n) is 1.68. The Bertz CT molecular complexity index is 614. The second-order valence-corrected chi connectivity index (χ2v) is 4.75. The first kappa shape index (κ1) is 11.9. The first-order valence-corrected chi connectivity index (χ1v) is 6.49. The van der Waals surface area contributed by atoms with Crippen molar-refractivity contribution >= 4 is 22.6 Å². The molecule has 1 amide bonds. The van der Waals surface area contributed by atoms with Gasteiger partial charge in [0.15, 0.2) is 11.5 Å². The number of nitrogens with zero attached hydrogens (tertiary/aromatic N) is 2. The summed E-state index contributed by atoms with van der Waals surface area (Å²) in [6, 6.07) is 7.25. The Hall–Kier alpha value is -2.15. The SMILES string of the molecule is Cc1nsc(NC(=O)[C@@H]2COc3ccccc3O2)n1. The number of benzene rings is 1. The predicted octanol–water partition coefficient (Wildman–Crippen LogP) is 1.63. The number of amides is 1. The summed E-state index contributed by atoms with van der Waals surface area (Å²) in [6.07, 6.45) is -0.681. The van der Waals surface area contributed by atoms with Crippen LogP contribution in [-0.4, -0.2) is 28.0 Å². The molecule has 1 N–H and O–H groups in total. The molecule has 6 nitrogen and oxygen atoms in total. The van der Waals surface area contributed by atoms with Crippen LogP contribution in [0.1, 0.15) is 5.82 Å². The lowest BCUT2D eigenvalue weighted by Gasteiger charge is -2.25. The van der Waals surface area contributed by atoms with Crippen LogP contribution in [0.15, 0.2) is 24.3 Å². The molecule has 1 aromatic heterocycles. The van der Waals surface area contributed by atoms with E-state index in [2.05, 4.69) is 14.7 Å². The van der Waals surface area contributed by atoms with E-state index in [0.717, 1.165) is 11.5 Å². The van der Waals surface area contributed by atoms with E-state index in [1.165, 1.54) is 0 Å². The van der Waals surface area contributed by atoms with Crippen LogP contribution in [0.3, 0.4) is 0 Å². The molecular weight excluding hydrogens is 266 g/mol. The van der Waals surface area contributed by atoms with Crippen molar-refractivity contribution < 1.29 is 14.3 Å². The highest BCUT2D eigenvalue weighted by atomic mass is 32.1. The highest BCUT2D eigenvalue weighted by molar-refractivity contribution is 7.09. The molecule has 0 fully saturated rings. The van der Waals surface area contributed by atoms with Crippen molar-refractivity contribution in [2.75, 3.05) is 11.9 Å². The molecule has 19 heavy (non-hydrogen) atoms. The van der Waals surface area contributed by atoms with Crippen molar-refractivity contribution in [1.29, 1.82) is 0 Å². The predicted molar refractivity (Wildman–Crippen MR) is 69.6 cm³/mol. The molecule has 1 atom stereocenters. The van der Waals surface area contributed by atoms with E-state index in [9.17, 15) is 4.79 Å². The van der Waals surface area contributed by atoms with Gasteiger partial charge in [-0.1, -0.05) is 12.1 Å². The van der Waals surface area contributed by atoms with Crippen molar-refractivity contribution in [2.45, 2.75) is 13.0 Å². The van der Waals surface area contributed by atoms with Crippen molar-refractivity contribution in [3.63, 3.8) is 0 Å². The van der Waals surface area contributed by atoms with Gasteiger partial charge in [0.1, 0.15) is 12.4 Å². The van der Waals surface area contributed by atoms with Crippen molar-refractivity contribution in [3.05, 3.63) is 30.1 Å². The Kier molecular flexibility index (Phi) is 3.04. The Morgan fingerprint density at radius 1 is 1.42 bits per heavy atom. The number of ether oxygens (including phenoxy) is 2. The third-order valence-electron chi connectivity index (χ3n) is 2.56. The fourth-order valence-corrected chi connectivity index (χ4v) is 2.26. The van der Waals surface area contributed by atoms with Crippen LogP contribution < -0.4 is 14.8 Å². The molecule has 0 bridgehead atoms. The monoisotopic (exact) mass is 277 g/mol. The third kappa shape index (κ3) is 2.50. The van der Waals surface area contributed by atoms with Gasteiger partial charge in [-0.3, -0.25) is 10.1 Å². The Morgan fingerprint density at radius 3 is 2.95 bits per heavy atom. The van der Waals surface area contributed by atoms with Gasteiger partial charge < -0.3 is 9.47 Å². The minimum absolute atomic E-state index is 0.181. The molecule has 1 aromatic carbocycles. The molecule has 0 spiro atoms. The second-order valence-electron chi connectivity index (χ2n) is 4.00. The standard InChI is InChI=1S/C12H11N3O3S/c1-7-13-12(19-15-7)14-11(16)10-6-17-8-4-2-3-5-9(8)18-10/h2-5,10H,6H2,1H3,(H,13,14,15,16)/t10-/m0/s1. The highest BCUT2D eigenvalue weighted by Gasteiger charge is 2.27. The number of aromatic nitrogens is 2. The van der Waals surface area contributed by atoms with Gasteiger partial charge in [-0.25, -0.2) is 4.98 Å². The number of hydrogen-bond donors (Lipinski definition) is 1. The number of carbonyl (C=O) groups is 1. The third-order valence-corrected chi connectivity index (χ3v) is 3.28. The van der Waals surface area contributed by atoms with Crippen molar-refractivity contribution in [3.8, 4) is 11.5 Å². The molecular formula is C12H11N3O3S. The van der Waals surface area contributed by atoms with Gasteiger partial charge in [-0.05, 0) is 19.1 Å². The van der Waals surface area contributed by atoms with Crippen LogP contribution in [0.4, 0.5) is 5.13 Å². The lowest BCUT2D eigenvalue weighted by Crippen LogP contribution is -2.40. The van der Waals surface area contributed by atoms with Gasteiger partial charge in [-0.15, -0.1) is 0 Å². The van der Waals surface area contributed by atoms with E-state index in [1.807, 2.05) is 12.1 Å². The summed E-state index contributed by atoms with van der Waals surface area (Å²) in [7, 11) is 0. The highest BCUT2D eigenvalue weighted by Crippen LogP contribution is 2.31. The minimum Gasteiger partial charge on any atom is -0.485 e. The smallest absolute Gasteiger partial charge is 0.270 e. The van der Waals surface area contributed by atoms with E-state index in [4.69, 9.17) is 9.47 Å². The van der Waals surface area contributed by atoms with Gasteiger partial charge in [0, 0.05) is 11.5 Å². The lowest BCUT2D eigenvalue weighted by atomic mass is 10.2. The van der Waals surface area contributed by atoms with Crippen LogP contribution in [0.25, 0.3) is 0 Å². The molecule has 2 heterocycles. The van der Waals surface area contributed by atoms with Crippen LogP contribution in [-0.2, 0) is 4.79 Å². The first-order valence-electron chi connectivity index (χ1n) is 5.72.